The lowest BCUT2D eigenvalue weighted by Gasteiger charge is -2.34. The summed E-state index contributed by atoms with van der Waals surface area (Å²) in [6, 6.07) is 13.9. The number of H-pyrrole nitrogens is 1. The molecule has 28 heavy (non-hydrogen) atoms. The van der Waals surface area contributed by atoms with E-state index in [-0.39, 0.29) is 5.91 Å². The number of hydrogen-bond donors (Lipinski definition) is 1. The van der Waals surface area contributed by atoms with Gasteiger partial charge in [0, 0.05) is 43.3 Å². The summed E-state index contributed by atoms with van der Waals surface area (Å²) in [5.74, 6) is 0.933. The van der Waals surface area contributed by atoms with E-state index in [4.69, 9.17) is 9.72 Å². The van der Waals surface area contributed by atoms with E-state index < -0.39 is 0 Å². The molecule has 1 saturated heterocycles. The molecule has 1 aliphatic rings. The minimum Gasteiger partial charge on any atom is -0.497 e. The van der Waals surface area contributed by atoms with Gasteiger partial charge >= 0.3 is 0 Å². The zero-order chi connectivity index (χ0) is 19.1. The number of methoxy groups -OCH3 is 1. The van der Waals surface area contributed by atoms with Gasteiger partial charge in [-0.15, -0.1) is 0 Å². The van der Waals surface area contributed by atoms with Crippen molar-refractivity contribution in [3.05, 3.63) is 54.2 Å². The first-order valence-electron chi connectivity index (χ1n) is 9.28. The Bertz CT molecular complexity index is 1160. The second-order valence-electron chi connectivity index (χ2n) is 6.86. The van der Waals surface area contributed by atoms with Gasteiger partial charge in [0.05, 0.1) is 22.9 Å². The molecular formula is C21H20N4O2S. The number of ether oxygens (including phenoxy) is 1. The van der Waals surface area contributed by atoms with E-state index >= 15 is 0 Å². The van der Waals surface area contributed by atoms with Crippen LogP contribution in [-0.2, 0) is 0 Å². The minimum absolute atomic E-state index is 0.0890. The summed E-state index contributed by atoms with van der Waals surface area (Å²) in [7, 11) is 1.67. The van der Waals surface area contributed by atoms with E-state index in [0.717, 1.165) is 50.7 Å². The molecule has 2 aromatic carbocycles. The van der Waals surface area contributed by atoms with Gasteiger partial charge in [-0.25, -0.2) is 4.98 Å². The Labute approximate surface area is 166 Å². The maximum Gasteiger partial charge on any atom is 0.256 e. The highest BCUT2D eigenvalue weighted by Gasteiger charge is 2.25. The highest BCUT2D eigenvalue weighted by molar-refractivity contribution is 7.22. The van der Waals surface area contributed by atoms with Gasteiger partial charge in [-0.1, -0.05) is 29.5 Å². The van der Waals surface area contributed by atoms with Crippen molar-refractivity contribution in [1.29, 1.82) is 0 Å². The number of para-hydroxylation sites is 1. The van der Waals surface area contributed by atoms with Crippen molar-refractivity contribution in [2.75, 3.05) is 38.2 Å². The van der Waals surface area contributed by atoms with Crippen LogP contribution in [0.1, 0.15) is 10.4 Å². The van der Waals surface area contributed by atoms with Crippen LogP contribution in [0.5, 0.6) is 5.75 Å². The van der Waals surface area contributed by atoms with Gasteiger partial charge in [0.2, 0.25) is 0 Å². The Kier molecular flexibility index (Phi) is 4.16. The molecule has 0 unspecified atom stereocenters. The number of hydrogen-bond acceptors (Lipinski definition) is 5. The monoisotopic (exact) mass is 392 g/mol. The van der Waals surface area contributed by atoms with Crippen LogP contribution in [-0.4, -0.2) is 54.1 Å². The number of nitrogens with zero attached hydrogens (tertiary/aromatic N) is 3. The fraction of sp³-hybridized carbons (Fsp3) is 0.238. The van der Waals surface area contributed by atoms with E-state index in [1.807, 2.05) is 53.6 Å². The average molecular weight is 392 g/mol. The molecule has 0 saturated carbocycles. The highest BCUT2D eigenvalue weighted by Crippen LogP contribution is 2.32. The maximum absolute atomic E-state index is 13.0. The Morgan fingerprint density at radius 3 is 2.79 bits per heavy atom. The van der Waals surface area contributed by atoms with Crippen LogP contribution in [0.3, 0.4) is 0 Å². The van der Waals surface area contributed by atoms with E-state index in [1.54, 1.807) is 18.4 Å². The third-order valence-electron chi connectivity index (χ3n) is 5.24. The molecule has 0 radical (unpaired) electrons. The molecule has 4 aromatic rings. The minimum atomic E-state index is 0.0890. The summed E-state index contributed by atoms with van der Waals surface area (Å²) in [6.07, 6.45) is 1.82. The van der Waals surface area contributed by atoms with Gasteiger partial charge in [-0.3, -0.25) is 4.79 Å². The van der Waals surface area contributed by atoms with Crippen LogP contribution in [0, 0.1) is 0 Å². The Hall–Kier alpha value is -3.06. The first kappa shape index (κ1) is 17.1. The predicted octanol–water partition coefficient (Wildman–Crippen LogP) is 3.75. The molecule has 5 rings (SSSR count). The number of fused-ring (bicyclic) bond motifs is 2. The maximum atomic E-state index is 13.0. The predicted molar refractivity (Wildman–Crippen MR) is 113 cm³/mol. The topological polar surface area (TPSA) is 61.5 Å². The highest BCUT2D eigenvalue weighted by atomic mass is 32.1. The summed E-state index contributed by atoms with van der Waals surface area (Å²) >= 11 is 1.67. The standard InChI is InChI=1S/C21H20N4O2S/c1-27-14-6-7-18-19(12-14)28-21(23-18)25-10-8-24(9-11-25)20(26)16-13-22-17-5-3-2-4-15(16)17/h2-7,12-13,22H,8-11H2,1H3. The molecule has 7 heteroatoms. The van der Waals surface area contributed by atoms with Crippen molar-refractivity contribution in [3.8, 4) is 5.75 Å². The van der Waals surface area contributed by atoms with E-state index in [0.29, 0.717) is 13.1 Å². The Balaban J connectivity index is 1.31. The molecule has 0 spiro atoms. The molecule has 1 N–H and O–H groups in total. The van der Waals surface area contributed by atoms with Crippen LogP contribution < -0.4 is 9.64 Å². The number of benzene rings is 2. The molecule has 6 nitrogen and oxygen atoms in total. The van der Waals surface area contributed by atoms with Crippen LogP contribution in [0.2, 0.25) is 0 Å². The number of aromatic nitrogens is 2. The Morgan fingerprint density at radius 2 is 1.96 bits per heavy atom. The van der Waals surface area contributed by atoms with Gasteiger partial charge < -0.3 is 19.5 Å². The quantitative estimate of drug-likeness (QED) is 0.577. The van der Waals surface area contributed by atoms with E-state index in [9.17, 15) is 4.79 Å². The fourth-order valence-corrected chi connectivity index (χ4v) is 4.72. The lowest BCUT2D eigenvalue weighted by Crippen LogP contribution is -2.48. The van der Waals surface area contributed by atoms with Crippen molar-refractivity contribution < 1.29 is 9.53 Å². The first-order valence-corrected chi connectivity index (χ1v) is 10.1. The number of aromatic amines is 1. The number of carbonyl (C=O) groups excluding carboxylic acids is 1. The second-order valence-corrected chi connectivity index (χ2v) is 7.87. The van der Waals surface area contributed by atoms with Crippen LogP contribution >= 0.6 is 11.3 Å². The molecule has 1 amide bonds. The number of piperazine rings is 1. The molecular weight excluding hydrogens is 372 g/mol. The fourth-order valence-electron chi connectivity index (χ4n) is 3.67. The zero-order valence-electron chi connectivity index (χ0n) is 15.5. The number of thiazole rings is 1. The van der Waals surface area contributed by atoms with Crippen molar-refractivity contribution in [1.82, 2.24) is 14.9 Å². The summed E-state index contributed by atoms with van der Waals surface area (Å²) in [5.41, 5.74) is 2.73. The largest absolute Gasteiger partial charge is 0.497 e. The summed E-state index contributed by atoms with van der Waals surface area (Å²) in [5, 5.41) is 1.98. The molecule has 142 valence electrons. The zero-order valence-corrected chi connectivity index (χ0v) is 16.3. The molecule has 0 bridgehead atoms. The van der Waals surface area contributed by atoms with Crippen LogP contribution in [0.25, 0.3) is 21.1 Å². The van der Waals surface area contributed by atoms with E-state index in [2.05, 4.69) is 9.88 Å². The first-order chi connectivity index (χ1) is 13.7. The number of amides is 1. The van der Waals surface area contributed by atoms with Gasteiger partial charge in [-0.2, -0.15) is 0 Å². The van der Waals surface area contributed by atoms with Crippen molar-refractivity contribution in [2.45, 2.75) is 0 Å². The van der Waals surface area contributed by atoms with Gasteiger partial charge in [0.1, 0.15) is 5.75 Å². The smallest absolute Gasteiger partial charge is 0.256 e. The number of nitrogens with one attached hydrogen (secondary N) is 1. The molecule has 2 aromatic heterocycles. The molecule has 3 heterocycles. The van der Waals surface area contributed by atoms with Gasteiger partial charge in [0.15, 0.2) is 5.13 Å². The molecule has 1 aliphatic heterocycles. The van der Waals surface area contributed by atoms with E-state index in [1.165, 1.54) is 0 Å². The lowest BCUT2D eigenvalue weighted by molar-refractivity contribution is 0.0749. The molecule has 1 fully saturated rings. The van der Waals surface area contributed by atoms with Crippen molar-refractivity contribution >= 4 is 43.5 Å². The summed E-state index contributed by atoms with van der Waals surface area (Å²) < 4.78 is 6.42. The summed E-state index contributed by atoms with van der Waals surface area (Å²) in [6.45, 7) is 2.95. The second kappa shape index (κ2) is 6.83. The third kappa shape index (κ3) is 2.88. The molecule has 0 aliphatic carbocycles. The van der Waals surface area contributed by atoms with Gasteiger partial charge in [-0.05, 0) is 24.3 Å². The van der Waals surface area contributed by atoms with Crippen LogP contribution in [0.15, 0.2) is 48.7 Å². The summed E-state index contributed by atoms with van der Waals surface area (Å²) in [4.78, 5) is 25.1. The Morgan fingerprint density at radius 1 is 1.14 bits per heavy atom. The average Bonchev–Trinajstić information content (AvgIpc) is 3.37. The van der Waals surface area contributed by atoms with Crippen molar-refractivity contribution in [2.24, 2.45) is 0 Å². The number of carbonyl (C=O) groups is 1. The van der Waals surface area contributed by atoms with Crippen LogP contribution in [0.4, 0.5) is 5.13 Å². The lowest BCUT2D eigenvalue weighted by atomic mass is 10.1. The molecule has 0 atom stereocenters. The van der Waals surface area contributed by atoms with Gasteiger partial charge in [0.25, 0.3) is 5.91 Å². The number of rotatable bonds is 3. The number of anilines is 1. The SMILES string of the molecule is COc1ccc2nc(N3CCN(C(=O)c4c[nH]c5ccccc45)CC3)sc2c1. The van der Waals surface area contributed by atoms with Crippen molar-refractivity contribution in [3.63, 3.8) is 0 Å². The normalized spacial score (nSPS) is 14.8. The third-order valence-corrected chi connectivity index (χ3v) is 6.32.